The molecule has 0 radical (unpaired) electrons. The Kier molecular flexibility index (Phi) is 5.79. The van der Waals surface area contributed by atoms with Crippen molar-refractivity contribution in [2.24, 2.45) is 5.92 Å². The van der Waals surface area contributed by atoms with Crippen LogP contribution in [0.4, 0.5) is 0 Å². The zero-order chi connectivity index (χ0) is 16.1. The summed E-state index contributed by atoms with van der Waals surface area (Å²) in [4.78, 5) is 2.65. The molecule has 0 spiro atoms. The SMILES string of the molecule is COc1cccc(OC)c1[C@@H](C1CCCCC1)N1CCNCC1. The second kappa shape index (κ2) is 8.02. The fourth-order valence-corrected chi connectivity index (χ4v) is 4.30. The van der Waals surface area contributed by atoms with Gasteiger partial charge in [0.2, 0.25) is 0 Å². The summed E-state index contributed by atoms with van der Waals surface area (Å²) in [6, 6.07) is 6.59. The van der Waals surface area contributed by atoms with E-state index in [1.165, 1.54) is 37.7 Å². The summed E-state index contributed by atoms with van der Waals surface area (Å²) in [7, 11) is 3.54. The maximum atomic E-state index is 5.73. The number of nitrogens with one attached hydrogen (secondary N) is 1. The minimum atomic E-state index is 0.406. The van der Waals surface area contributed by atoms with Crippen molar-refractivity contribution < 1.29 is 9.47 Å². The molecule has 3 rings (SSSR count). The molecule has 128 valence electrons. The Morgan fingerprint density at radius 2 is 1.61 bits per heavy atom. The Balaban J connectivity index is 1.99. The van der Waals surface area contributed by atoms with Gasteiger partial charge >= 0.3 is 0 Å². The zero-order valence-electron chi connectivity index (χ0n) is 14.5. The van der Waals surface area contributed by atoms with E-state index in [9.17, 15) is 0 Å². The molecule has 0 aromatic heterocycles. The normalized spacial score (nSPS) is 21.8. The molecule has 23 heavy (non-hydrogen) atoms. The Morgan fingerprint density at radius 3 is 2.17 bits per heavy atom. The second-order valence-electron chi connectivity index (χ2n) is 6.71. The Hall–Kier alpha value is -1.26. The molecule has 0 unspecified atom stereocenters. The summed E-state index contributed by atoms with van der Waals surface area (Å²) in [5.74, 6) is 2.64. The van der Waals surface area contributed by atoms with E-state index in [2.05, 4.69) is 22.3 Å². The highest BCUT2D eigenvalue weighted by Crippen LogP contribution is 2.45. The van der Waals surface area contributed by atoms with E-state index in [4.69, 9.17) is 9.47 Å². The fraction of sp³-hybridized carbons (Fsp3) is 0.684. The van der Waals surface area contributed by atoms with Crippen molar-refractivity contribution in [3.05, 3.63) is 23.8 Å². The summed E-state index contributed by atoms with van der Waals surface area (Å²) < 4.78 is 11.5. The molecule has 1 aromatic carbocycles. The van der Waals surface area contributed by atoms with Crippen molar-refractivity contribution in [1.29, 1.82) is 0 Å². The number of nitrogens with zero attached hydrogens (tertiary/aromatic N) is 1. The quantitative estimate of drug-likeness (QED) is 0.904. The third kappa shape index (κ3) is 3.64. The molecule has 1 aliphatic heterocycles. The van der Waals surface area contributed by atoms with Crippen molar-refractivity contribution in [1.82, 2.24) is 10.2 Å². The van der Waals surface area contributed by atoms with Gasteiger partial charge in [0.05, 0.1) is 19.8 Å². The van der Waals surface area contributed by atoms with Gasteiger partial charge in [-0.1, -0.05) is 25.3 Å². The van der Waals surface area contributed by atoms with Gasteiger partial charge in [-0.25, -0.2) is 0 Å². The van der Waals surface area contributed by atoms with E-state index >= 15 is 0 Å². The largest absolute Gasteiger partial charge is 0.496 e. The van der Waals surface area contributed by atoms with Crippen LogP contribution < -0.4 is 14.8 Å². The lowest BCUT2D eigenvalue weighted by Crippen LogP contribution is -2.47. The lowest BCUT2D eigenvalue weighted by molar-refractivity contribution is 0.0990. The number of benzene rings is 1. The van der Waals surface area contributed by atoms with Crippen molar-refractivity contribution in [3.63, 3.8) is 0 Å². The molecule has 0 bridgehead atoms. The first-order chi connectivity index (χ1) is 11.3. The molecular weight excluding hydrogens is 288 g/mol. The number of ether oxygens (including phenoxy) is 2. The minimum absolute atomic E-state index is 0.406. The first-order valence-corrected chi connectivity index (χ1v) is 9.01. The number of hydrogen-bond acceptors (Lipinski definition) is 4. The van der Waals surface area contributed by atoms with Crippen LogP contribution in [0.5, 0.6) is 11.5 Å². The second-order valence-corrected chi connectivity index (χ2v) is 6.71. The van der Waals surface area contributed by atoms with Gasteiger partial charge in [-0.05, 0) is 30.9 Å². The highest BCUT2D eigenvalue weighted by Gasteiger charge is 2.34. The van der Waals surface area contributed by atoms with Crippen molar-refractivity contribution in [2.45, 2.75) is 38.1 Å². The van der Waals surface area contributed by atoms with Crippen LogP contribution in [0.1, 0.15) is 43.7 Å². The van der Waals surface area contributed by atoms with E-state index in [0.717, 1.165) is 37.7 Å². The van der Waals surface area contributed by atoms with E-state index in [0.29, 0.717) is 12.0 Å². The first-order valence-electron chi connectivity index (χ1n) is 9.01. The van der Waals surface area contributed by atoms with E-state index < -0.39 is 0 Å². The summed E-state index contributed by atoms with van der Waals surface area (Å²) in [6.07, 6.45) is 6.72. The average Bonchev–Trinajstić information content (AvgIpc) is 2.64. The van der Waals surface area contributed by atoms with E-state index in [-0.39, 0.29) is 0 Å². The van der Waals surface area contributed by atoms with Crippen molar-refractivity contribution in [3.8, 4) is 11.5 Å². The van der Waals surface area contributed by atoms with Crippen molar-refractivity contribution >= 4 is 0 Å². The Bertz CT molecular complexity index is 454. The Labute approximate surface area is 140 Å². The zero-order valence-corrected chi connectivity index (χ0v) is 14.5. The number of methoxy groups -OCH3 is 2. The molecule has 4 nitrogen and oxygen atoms in total. The Morgan fingerprint density at radius 1 is 1.00 bits per heavy atom. The van der Waals surface area contributed by atoms with Crippen LogP contribution in [0.2, 0.25) is 0 Å². The number of hydrogen-bond donors (Lipinski definition) is 1. The van der Waals surface area contributed by atoms with Crippen LogP contribution in [0, 0.1) is 5.92 Å². The molecular formula is C19H30N2O2. The molecule has 1 saturated heterocycles. The molecule has 2 aliphatic rings. The smallest absolute Gasteiger partial charge is 0.127 e. The molecule has 1 aromatic rings. The van der Waals surface area contributed by atoms with Gasteiger partial charge in [0.15, 0.2) is 0 Å². The molecule has 0 amide bonds. The summed E-state index contributed by atoms with van der Waals surface area (Å²) in [5, 5.41) is 3.48. The predicted octanol–water partition coefficient (Wildman–Crippen LogP) is 3.23. The van der Waals surface area contributed by atoms with Gasteiger partial charge in [-0.15, -0.1) is 0 Å². The summed E-state index contributed by atoms with van der Waals surface area (Å²) >= 11 is 0. The topological polar surface area (TPSA) is 33.7 Å². The van der Waals surface area contributed by atoms with Crippen LogP contribution in [0.25, 0.3) is 0 Å². The van der Waals surface area contributed by atoms with Gasteiger partial charge in [-0.2, -0.15) is 0 Å². The van der Waals surface area contributed by atoms with Crippen LogP contribution in [0.15, 0.2) is 18.2 Å². The maximum absolute atomic E-state index is 5.73. The van der Waals surface area contributed by atoms with Gasteiger partial charge in [0.1, 0.15) is 11.5 Å². The summed E-state index contributed by atoms with van der Waals surface area (Å²) in [5.41, 5.74) is 1.26. The molecule has 4 heteroatoms. The van der Waals surface area contributed by atoms with Crippen molar-refractivity contribution in [2.75, 3.05) is 40.4 Å². The number of piperazine rings is 1. The standard InChI is InChI=1S/C19H30N2O2/c1-22-16-9-6-10-17(23-2)18(16)19(15-7-4-3-5-8-15)21-13-11-20-12-14-21/h6,9-10,15,19-20H,3-5,7-8,11-14H2,1-2H3/t19-/m1/s1. The predicted molar refractivity (Wildman–Crippen MR) is 93.3 cm³/mol. The summed E-state index contributed by atoms with van der Waals surface area (Å²) in [6.45, 7) is 4.34. The maximum Gasteiger partial charge on any atom is 0.127 e. The lowest BCUT2D eigenvalue weighted by atomic mass is 9.79. The average molecular weight is 318 g/mol. The van der Waals surface area contributed by atoms with Crippen LogP contribution in [0.3, 0.4) is 0 Å². The fourth-order valence-electron chi connectivity index (χ4n) is 4.30. The third-order valence-corrected chi connectivity index (χ3v) is 5.40. The monoisotopic (exact) mass is 318 g/mol. The molecule has 1 atom stereocenters. The van der Waals surface area contributed by atoms with Crippen LogP contribution >= 0.6 is 0 Å². The highest BCUT2D eigenvalue weighted by atomic mass is 16.5. The third-order valence-electron chi connectivity index (χ3n) is 5.40. The molecule has 2 fully saturated rings. The van der Waals surface area contributed by atoms with E-state index in [1.807, 2.05) is 6.07 Å². The van der Waals surface area contributed by atoms with Gasteiger partial charge in [-0.3, -0.25) is 4.90 Å². The lowest BCUT2D eigenvalue weighted by Gasteiger charge is -2.42. The molecule has 1 aliphatic carbocycles. The highest BCUT2D eigenvalue weighted by molar-refractivity contribution is 5.47. The molecule has 1 saturated carbocycles. The van der Waals surface area contributed by atoms with Gasteiger partial charge in [0, 0.05) is 32.2 Å². The number of rotatable bonds is 5. The van der Waals surface area contributed by atoms with Crippen LogP contribution in [-0.4, -0.2) is 45.3 Å². The molecule has 1 heterocycles. The van der Waals surface area contributed by atoms with Gasteiger partial charge < -0.3 is 14.8 Å². The van der Waals surface area contributed by atoms with Crippen LogP contribution in [-0.2, 0) is 0 Å². The molecule has 1 N–H and O–H groups in total. The minimum Gasteiger partial charge on any atom is -0.496 e. The van der Waals surface area contributed by atoms with E-state index in [1.54, 1.807) is 14.2 Å². The van der Waals surface area contributed by atoms with Gasteiger partial charge in [0.25, 0.3) is 0 Å². The first kappa shape index (κ1) is 16.6.